The van der Waals surface area contributed by atoms with E-state index in [4.69, 9.17) is 9.47 Å². The van der Waals surface area contributed by atoms with Crippen LogP contribution in [-0.2, 0) is 0 Å². The fourth-order valence-corrected chi connectivity index (χ4v) is 3.12. The molecule has 0 spiro atoms. The third kappa shape index (κ3) is 3.23. The van der Waals surface area contributed by atoms with E-state index in [1.54, 1.807) is 41.9 Å². The van der Waals surface area contributed by atoms with E-state index < -0.39 is 0 Å². The summed E-state index contributed by atoms with van der Waals surface area (Å²) in [5.41, 5.74) is 3.04. The molecule has 1 N–H and O–H groups in total. The molecule has 1 aromatic heterocycles. The summed E-state index contributed by atoms with van der Waals surface area (Å²) in [5, 5.41) is 7.31. The number of aryl methyl sites for hydroxylation is 1. The van der Waals surface area contributed by atoms with E-state index in [2.05, 4.69) is 10.4 Å². The fourth-order valence-electron chi connectivity index (χ4n) is 3.12. The highest BCUT2D eigenvalue weighted by Gasteiger charge is 2.20. The molecule has 0 atom stereocenters. The van der Waals surface area contributed by atoms with Crippen molar-refractivity contribution in [2.75, 3.05) is 18.5 Å². The number of hydrogen-bond acceptors (Lipinski definition) is 4. The van der Waals surface area contributed by atoms with Gasteiger partial charge in [-0.05, 0) is 50.2 Å². The Bertz CT molecular complexity index is 1010. The van der Waals surface area contributed by atoms with Crippen molar-refractivity contribution in [3.8, 4) is 17.2 Å². The third-order valence-corrected chi connectivity index (χ3v) is 4.39. The van der Waals surface area contributed by atoms with Crippen LogP contribution in [0.1, 0.15) is 21.7 Å². The molecule has 0 unspecified atom stereocenters. The van der Waals surface area contributed by atoms with Crippen molar-refractivity contribution in [3.63, 3.8) is 0 Å². The number of amides is 1. The number of nitrogens with zero attached hydrogens (tertiary/aromatic N) is 2. The van der Waals surface area contributed by atoms with E-state index in [0.29, 0.717) is 53.0 Å². The summed E-state index contributed by atoms with van der Waals surface area (Å²) in [4.78, 5) is 12.8. The molecule has 0 saturated heterocycles. The van der Waals surface area contributed by atoms with Crippen molar-refractivity contribution in [1.82, 2.24) is 9.78 Å². The van der Waals surface area contributed by atoms with Gasteiger partial charge in [-0.2, -0.15) is 5.10 Å². The lowest BCUT2D eigenvalue weighted by Crippen LogP contribution is -2.17. The predicted octanol–water partition coefficient (Wildman–Crippen LogP) is 3.65. The van der Waals surface area contributed by atoms with Crippen molar-refractivity contribution in [3.05, 3.63) is 65.2 Å². The van der Waals surface area contributed by atoms with Crippen LogP contribution in [0.4, 0.5) is 10.1 Å². The molecular formula is C20H18FN3O3. The summed E-state index contributed by atoms with van der Waals surface area (Å²) < 4.78 is 25.8. The van der Waals surface area contributed by atoms with Crippen LogP contribution in [0.2, 0.25) is 0 Å². The lowest BCUT2D eigenvalue weighted by Gasteiger charge is -2.19. The van der Waals surface area contributed by atoms with Crippen LogP contribution >= 0.6 is 0 Å². The van der Waals surface area contributed by atoms with Gasteiger partial charge in [-0.15, -0.1) is 0 Å². The summed E-state index contributed by atoms with van der Waals surface area (Å²) in [6.45, 7) is 4.57. The molecule has 7 heteroatoms. The Kier molecular flexibility index (Phi) is 4.27. The minimum absolute atomic E-state index is 0.268. The molecule has 1 aliphatic heterocycles. The van der Waals surface area contributed by atoms with Crippen molar-refractivity contribution in [2.45, 2.75) is 13.8 Å². The number of anilines is 1. The number of carbonyl (C=O) groups excluding carboxylic acids is 1. The molecule has 2 heterocycles. The van der Waals surface area contributed by atoms with Gasteiger partial charge in [0.25, 0.3) is 5.91 Å². The van der Waals surface area contributed by atoms with E-state index in [-0.39, 0.29) is 11.7 Å². The summed E-state index contributed by atoms with van der Waals surface area (Å²) in [6.07, 6.45) is 0. The van der Waals surface area contributed by atoms with E-state index in [1.165, 1.54) is 12.1 Å². The zero-order valence-corrected chi connectivity index (χ0v) is 15.0. The quantitative estimate of drug-likeness (QED) is 0.767. The molecule has 1 aliphatic rings. The average molecular weight is 367 g/mol. The standard InChI is InChI=1S/C20H18FN3O3/c1-12-19(13(2)24(23-12)16-6-3-14(21)4-7-16)20(25)22-15-5-8-17-18(11-15)27-10-9-26-17/h3-8,11H,9-10H2,1-2H3,(H,22,25). The van der Waals surface area contributed by atoms with Crippen LogP contribution in [0.5, 0.6) is 11.5 Å². The van der Waals surface area contributed by atoms with Crippen molar-refractivity contribution < 1.29 is 18.7 Å². The maximum absolute atomic E-state index is 13.2. The number of rotatable bonds is 3. The minimum atomic E-state index is -0.322. The second-order valence-electron chi connectivity index (χ2n) is 6.25. The van der Waals surface area contributed by atoms with Crippen LogP contribution in [0.15, 0.2) is 42.5 Å². The van der Waals surface area contributed by atoms with Crippen LogP contribution in [0.25, 0.3) is 5.69 Å². The normalized spacial score (nSPS) is 12.7. The maximum Gasteiger partial charge on any atom is 0.259 e. The first-order valence-corrected chi connectivity index (χ1v) is 8.56. The molecule has 1 amide bonds. The highest BCUT2D eigenvalue weighted by Crippen LogP contribution is 2.33. The summed E-state index contributed by atoms with van der Waals surface area (Å²) >= 11 is 0. The number of ether oxygens (including phenoxy) is 2. The Hall–Kier alpha value is -3.35. The number of hydrogen-bond donors (Lipinski definition) is 1. The van der Waals surface area contributed by atoms with Gasteiger partial charge in [0.2, 0.25) is 0 Å². The lowest BCUT2D eigenvalue weighted by atomic mass is 10.1. The van der Waals surface area contributed by atoms with Gasteiger partial charge in [0.15, 0.2) is 11.5 Å². The maximum atomic E-state index is 13.2. The van der Waals surface area contributed by atoms with Crippen molar-refractivity contribution in [1.29, 1.82) is 0 Å². The number of benzene rings is 2. The summed E-state index contributed by atoms with van der Waals surface area (Å²) in [7, 11) is 0. The van der Waals surface area contributed by atoms with Gasteiger partial charge >= 0.3 is 0 Å². The molecule has 138 valence electrons. The highest BCUT2D eigenvalue weighted by molar-refractivity contribution is 6.06. The zero-order chi connectivity index (χ0) is 19.0. The Balaban J connectivity index is 1.61. The highest BCUT2D eigenvalue weighted by atomic mass is 19.1. The topological polar surface area (TPSA) is 65.4 Å². The summed E-state index contributed by atoms with van der Waals surface area (Å²) in [6, 6.07) is 11.2. The Labute approximate surface area is 155 Å². The molecule has 4 rings (SSSR count). The first-order chi connectivity index (χ1) is 13.0. The Morgan fingerprint density at radius 1 is 1.07 bits per heavy atom. The minimum Gasteiger partial charge on any atom is -0.486 e. The second kappa shape index (κ2) is 6.75. The first-order valence-electron chi connectivity index (χ1n) is 8.56. The van der Waals surface area contributed by atoms with E-state index >= 15 is 0 Å². The number of fused-ring (bicyclic) bond motifs is 1. The van der Waals surface area contributed by atoms with Crippen LogP contribution < -0.4 is 14.8 Å². The second-order valence-corrected chi connectivity index (χ2v) is 6.25. The SMILES string of the molecule is Cc1nn(-c2ccc(F)cc2)c(C)c1C(=O)Nc1ccc2c(c1)OCCO2. The molecule has 0 aliphatic carbocycles. The van der Waals surface area contributed by atoms with Gasteiger partial charge in [0.05, 0.1) is 22.6 Å². The molecule has 6 nitrogen and oxygen atoms in total. The van der Waals surface area contributed by atoms with E-state index in [9.17, 15) is 9.18 Å². The Morgan fingerprint density at radius 2 is 1.78 bits per heavy atom. The monoisotopic (exact) mass is 367 g/mol. The molecule has 0 radical (unpaired) electrons. The molecule has 27 heavy (non-hydrogen) atoms. The predicted molar refractivity (Wildman–Crippen MR) is 98.4 cm³/mol. The van der Waals surface area contributed by atoms with E-state index in [1.807, 2.05) is 6.92 Å². The van der Waals surface area contributed by atoms with Gasteiger partial charge < -0.3 is 14.8 Å². The van der Waals surface area contributed by atoms with Gasteiger partial charge in [0.1, 0.15) is 19.0 Å². The van der Waals surface area contributed by atoms with Crippen molar-refractivity contribution >= 4 is 11.6 Å². The van der Waals surface area contributed by atoms with Gasteiger partial charge in [-0.1, -0.05) is 0 Å². The largest absolute Gasteiger partial charge is 0.486 e. The molecular weight excluding hydrogens is 349 g/mol. The van der Waals surface area contributed by atoms with Crippen molar-refractivity contribution in [2.24, 2.45) is 0 Å². The first kappa shape index (κ1) is 17.1. The number of nitrogens with one attached hydrogen (secondary N) is 1. The third-order valence-electron chi connectivity index (χ3n) is 4.39. The average Bonchev–Trinajstić information content (AvgIpc) is 2.96. The van der Waals surface area contributed by atoms with Crippen LogP contribution in [-0.4, -0.2) is 28.9 Å². The molecule has 2 aromatic carbocycles. The lowest BCUT2D eigenvalue weighted by molar-refractivity contribution is 0.102. The molecule has 0 bridgehead atoms. The van der Waals surface area contributed by atoms with Crippen LogP contribution in [0, 0.1) is 19.7 Å². The fraction of sp³-hybridized carbons (Fsp3) is 0.200. The number of carbonyl (C=O) groups is 1. The smallest absolute Gasteiger partial charge is 0.259 e. The summed E-state index contributed by atoms with van der Waals surface area (Å²) in [5.74, 6) is 0.678. The van der Waals surface area contributed by atoms with Gasteiger partial charge in [0, 0.05) is 11.8 Å². The number of halogens is 1. The Morgan fingerprint density at radius 3 is 2.52 bits per heavy atom. The van der Waals surface area contributed by atoms with Gasteiger partial charge in [-0.25, -0.2) is 9.07 Å². The van der Waals surface area contributed by atoms with E-state index in [0.717, 1.165) is 0 Å². The molecule has 0 saturated carbocycles. The number of aromatic nitrogens is 2. The zero-order valence-electron chi connectivity index (χ0n) is 15.0. The van der Waals surface area contributed by atoms with Gasteiger partial charge in [-0.3, -0.25) is 4.79 Å². The molecule has 0 fully saturated rings. The van der Waals surface area contributed by atoms with Crippen LogP contribution in [0.3, 0.4) is 0 Å². The molecule has 3 aromatic rings.